The van der Waals surface area contributed by atoms with E-state index in [2.05, 4.69) is 0 Å². The first kappa shape index (κ1) is 17.7. The van der Waals surface area contributed by atoms with E-state index in [-0.39, 0.29) is 12.5 Å². The van der Waals surface area contributed by atoms with Crippen molar-refractivity contribution in [2.45, 2.75) is 18.2 Å². The van der Waals surface area contributed by atoms with Gasteiger partial charge in [0, 0.05) is 18.4 Å². The van der Waals surface area contributed by atoms with Gasteiger partial charge in [0.1, 0.15) is 5.60 Å². The molecule has 3 heterocycles. The quantitative estimate of drug-likeness (QED) is 0.633. The minimum atomic E-state index is -1.25. The summed E-state index contributed by atoms with van der Waals surface area (Å²) >= 11 is 0. The number of benzene rings is 1. The molecule has 0 aliphatic carbocycles. The molecule has 0 saturated carbocycles. The highest BCUT2D eigenvalue weighted by molar-refractivity contribution is 5.90. The predicted octanol–water partition coefficient (Wildman–Crippen LogP) is -0.256. The number of nitrogens with zero attached hydrogens (tertiary/aromatic N) is 1. The average Bonchev–Trinajstić information content (AvgIpc) is 3.29. The van der Waals surface area contributed by atoms with Crippen LogP contribution in [0.3, 0.4) is 0 Å². The second-order valence-electron chi connectivity index (χ2n) is 6.95. The molecular formula is C19H20NO7-. The summed E-state index contributed by atoms with van der Waals surface area (Å²) in [5.74, 6) is -1.76. The number of carbonyl (C=O) groups is 2. The maximum atomic E-state index is 13.0. The molecule has 0 aromatic heterocycles. The molecule has 2 saturated heterocycles. The average molecular weight is 374 g/mol. The van der Waals surface area contributed by atoms with Crippen LogP contribution in [0.2, 0.25) is 0 Å². The van der Waals surface area contributed by atoms with Gasteiger partial charge in [-0.2, -0.15) is 0 Å². The van der Waals surface area contributed by atoms with Gasteiger partial charge in [0.15, 0.2) is 11.5 Å². The zero-order valence-electron chi connectivity index (χ0n) is 15.3. The summed E-state index contributed by atoms with van der Waals surface area (Å²) in [4.78, 5) is 26.1. The molecule has 2 bridgehead atoms. The SMILES string of the molecule is COc1cc(CN2C[C@@]34C=C[C@H](O3)[C@H](C(=O)[O-])[C@@H]4C2=O)cc(OC)c1OC. The molecule has 27 heavy (non-hydrogen) atoms. The molecule has 4 atom stereocenters. The number of aliphatic carboxylic acids is 1. The number of carboxylic acid groups (broad SMARTS) is 1. The predicted molar refractivity (Wildman–Crippen MR) is 90.2 cm³/mol. The molecule has 0 unspecified atom stereocenters. The van der Waals surface area contributed by atoms with Crippen LogP contribution in [0, 0.1) is 11.8 Å². The van der Waals surface area contributed by atoms with E-state index in [1.54, 1.807) is 23.1 Å². The second-order valence-corrected chi connectivity index (χ2v) is 6.95. The molecule has 1 aromatic carbocycles. The Morgan fingerprint density at radius 2 is 1.93 bits per heavy atom. The van der Waals surface area contributed by atoms with Crippen molar-refractivity contribution >= 4 is 11.9 Å². The summed E-state index contributed by atoms with van der Waals surface area (Å²) < 4.78 is 21.9. The monoisotopic (exact) mass is 374 g/mol. The summed E-state index contributed by atoms with van der Waals surface area (Å²) in [7, 11) is 4.56. The van der Waals surface area contributed by atoms with Crippen molar-refractivity contribution in [3.63, 3.8) is 0 Å². The van der Waals surface area contributed by atoms with E-state index < -0.39 is 29.5 Å². The molecule has 1 spiro atoms. The number of hydrogen-bond acceptors (Lipinski definition) is 7. The van der Waals surface area contributed by atoms with Crippen LogP contribution in [0.15, 0.2) is 24.3 Å². The van der Waals surface area contributed by atoms with Crippen molar-refractivity contribution in [2.75, 3.05) is 27.9 Å². The van der Waals surface area contributed by atoms with E-state index >= 15 is 0 Å². The number of likely N-dealkylation sites (tertiary alicyclic amines) is 1. The maximum Gasteiger partial charge on any atom is 0.230 e. The molecule has 3 aliphatic rings. The molecule has 8 nitrogen and oxygen atoms in total. The molecule has 3 aliphatic heterocycles. The highest BCUT2D eigenvalue weighted by atomic mass is 16.5. The van der Waals surface area contributed by atoms with Crippen LogP contribution >= 0.6 is 0 Å². The largest absolute Gasteiger partial charge is 0.550 e. The van der Waals surface area contributed by atoms with Gasteiger partial charge in [0.25, 0.3) is 0 Å². The molecule has 0 radical (unpaired) electrons. The molecular weight excluding hydrogens is 354 g/mol. The fraction of sp³-hybridized carbons (Fsp3) is 0.474. The van der Waals surface area contributed by atoms with Gasteiger partial charge >= 0.3 is 0 Å². The van der Waals surface area contributed by atoms with Crippen LogP contribution in [-0.4, -0.2) is 56.4 Å². The minimum Gasteiger partial charge on any atom is -0.550 e. The third-order valence-electron chi connectivity index (χ3n) is 5.55. The number of amides is 1. The van der Waals surface area contributed by atoms with Crippen LogP contribution in [-0.2, 0) is 20.9 Å². The van der Waals surface area contributed by atoms with E-state index in [4.69, 9.17) is 18.9 Å². The third-order valence-corrected chi connectivity index (χ3v) is 5.55. The molecule has 1 aromatic rings. The smallest absolute Gasteiger partial charge is 0.230 e. The van der Waals surface area contributed by atoms with Crippen LogP contribution in [0.5, 0.6) is 17.2 Å². The van der Waals surface area contributed by atoms with E-state index in [0.29, 0.717) is 23.8 Å². The zero-order valence-corrected chi connectivity index (χ0v) is 15.3. The summed E-state index contributed by atoms with van der Waals surface area (Å²) in [6.45, 7) is 0.569. The summed E-state index contributed by atoms with van der Waals surface area (Å²) in [5, 5.41) is 11.5. The van der Waals surface area contributed by atoms with Crippen LogP contribution < -0.4 is 19.3 Å². The lowest BCUT2D eigenvalue weighted by molar-refractivity contribution is -0.313. The van der Waals surface area contributed by atoms with Gasteiger partial charge in [-0.25, -0.2) is 0 Å². The Balaban J connectivity index is 1.63. The van der Waals surface area contributed by atoms with Crippen LogP contribution in [0.4, 0.5) is 0 Å². The van der Waals surface area contributed by atoms with Crippen molar-refractivity contribution in [3.05, 3.63) is 29.8 Å². The van der Waals surface area contributed by atoms with Gasteiger partial charge in [-0.3, -0.25) is 4.79 Å². The second kappa shape index (κ2) is 6.16. The Labute approximate surface area is 156 Å². The first-order valence-corrected chi connectivity index (χ1v) is 8.60. The van der Waals surface area contributed by atoms with E-state index in [0.717, 1.165) is 5.56 Å². The highest BCUT2D eigenvalue weighted by Gasteiger charge is 2.65. The van der Waals surface area contributed by atoms with Crippen LogP contribution in [0.25, 0.3) is 0 Å². The minimum absolute atomic E-state index is 0.246. The van der Waals surface area contributed by atoms with Gasteiger partial charge < -0.3 is 33.7 Å². The molecule has 2 fully saturated rings. The fourth-order valence-corrected chi connectivity index (χ4v) is 4.43. The van der Waals surface area contributed by atoms with Gasteiger partial charge in [-0.05, 0) is 17.7 Å². The lowest BCUT2D eigenvalue weighted by Crippen LogP contribution is -2.45. The lowest BCUT2D eigenvalue weighted by Gasteiger charge is -2.24. The van der Waals surface area contributed by atoms with E-state index in [1.807, 2.05) is 6.08 Å². The maximum absolute atomic E-state index is 13.0. The zero-order chi connectivity index (χ0) is 19.3. The standard InChI is InChI=1S/C19H21NO7/c1-24-12-6-10(7-13(25-2)16(12)26-3)8-20-9-19-5-4-11(27-19)14(18(22)23)15(19)17(20)21/h4-7,11,14-15H,8-9H2,1-3H3,(H,22,23)/p-1/t11-,14-,15+,19+/m0/s1. The molecule has 144 valence electrons. The van der Waals surface area contributed by atoms with Crippen molar-refractivity contribution < 1.29 is 33.6 Å². The lowest BCUT2D eigenvalue weighted by atomic mass is 9.77. The number of methoxy groups -OCH3 is 3. The topological polar surface area (TPSA) is 97.4 Å². The Morgan fingerprint density at radius 1 is 1.26 bits per heavy atom. The number of rotatable bonds is 6. The summed E-state index contributed by atoms with van der Waals surface area (Å²) in [6.07, 6.45) is 2.94. The number of carbonyl (C=O) groups excluding carboxylic acids is 2. The molecule has 1 amide bonds. The summed E-state index contributed by atoms with van der Waals surface area (Å²) in [5.41, 5.74) is -0.106. The van der Waals surface area contributed by atoms with Crippen molar-refractivity contribution in [1.29, 1.82) is 0 Å². The molecule has 4 rings (SSSR count). The van der Waals surface area contributed by atoms with E-state index in [1.165, 1.54) is 21.3 Å². The Bertz CT molecular complexity index is 810. The number of ether oxygens (including phenoxy) is 4. The Morgan fingerprint density at radius 3 is 2.48 bits per heavy atom. The molecule has 8 heteroatoms. The van der Waals surface area contributed by atoms with Gasteiger partial charge in [-0.15, -0.1) is 0 Å². The fourth-order valence-electron chi connectivity index (χ4n) is 4.43. The number of carboxylic acids is 1. The van der Waals surface area contributed by atoms with Gasteiger partial charge in [0.05, 0.1) is 39.9 Å². The molecule has 0 N–H and O–H groups in total. The first-order chi connectivity index (χ1) is 12.9. The third kappa shape index (κ3) is 2.47. The number of hydrogen-bond donors (Lipinski definition) is 0. The van der Waals surface area contributed by atoms with E-state index in [9.17, 15) is 14.7 Å². The van der Waals surface area contributed by atoms with Gasteiger partial charge in [0.2, 0.25) is 11.7 Å². The van der Waals surface area contributed by atoms with Crippen molar-refractivity contribution in [1.82, 2.24) is 4.90 Å². The summed E-state index contributed by atoms with van der Waals surface area (Å²) in [6, 6.07) is 3.54. The normalized spacial score (nSPS) is 30.6. The van der Waals surface area contributed by atoms with Crippen molar-refractivity contribution in [2.24, 2.45) is 11.8 Å². The Hall–Kier alpha value is -2.74. The Kier molecular flexibility index (Phi) is 4.03. The van der Waals surface area contributed by atoms with Gasteiger partial charge in [-0.1, -0.05) is 12.2 Å². The van der Waals surface area contributed by atoms with Crippen molar-refractivity contribution in [3.8, 4) is 17.2 Å². The first-order valence-electron chi connectivity index (χ1n) is 8.60. The number of fused-ring (bicyclic) bond motifs is 1. The highest BCUT2D eigenvalue weighted by Crippen LogP contribution is 2.52. The van der Waals surface area contributed by atoms with Crippen LogP contribution in [0.1, 0.15) is 5.56 Å².